The second-order valence-corrected chi connectivity index (χ2v) is 4.83. The number of carbonyl (C=O) groups excluding carboxylic acids is 1. The van der Waals surface area contributed by atoms with Crippen molar-refractivity contribution in [2.75, 3.05) is 11.9 Å². The Balaban J connectivity index is 2.18. The van der Waals surface area contributed by atoms with E-state index in [0.717, 1.165) is 5.56 Å². The predicted octanol–water partition coefficient (Wildman–Crippen LogP) is 3.12. The first-order valence-corrected chi connectivity index (χ1v) is 7.07. The van der Waals surface area contributed by atoms with Gasteiger partial charge in [0.15, 0.2) is 0 Å². The number of nitrogens with zero attached hydrogens (tertiary/aromatic N) is 1. The van der Waals surface area contributed by atoms with E-state index in [4.69, 9.17) is 0 Å². The standard InChI is InChI=1S/C17H17N3O3/c1-2-10-18-17(21)14-8-9-15(16(11-14)20(22)23)19-12-13-6-4-3-5-7-13/h2-9,11,19H,1,10,12H2,(H,18,21). The van der Waals surface area contributed by atoms with Crippen LogP contribution >= 0.6 is 0 Å². The van der Waals surface area contributed by atoms with Gasteiger partial charge in [0.05, 0.1) is 4.92 Å². The van der Waals surface area contributed by atoms with Crippen molar-refractivity contribution in [1.82, 2.24) is 5.32 Å². The van der Waals surface area contributed by atoms with E-state index in [0.29, 0.717) is 18.8 Å². The average molecular weight is 311 g/mol. The van der Waals surface area contributed by atoms with Gasteiger partial charge in [-0.3, -0.25) is 14.9 Å². The van der Waals surface area contributed by atoms with Crippen LogP contribution in [0.15, 0.2) is 61.2 Å². The number of carbonyl (C=O) groups is 1. The number of hydrogen-bond donors (Lipinski definition) is 2. The lowest BCUT2D eigenvalue weighted by atomic mass is 10.1. The van der Waals surface area contributed by atoms with Crippen LogP contribution in [0.5, 0.6) is 0 Å². The normalized spacial score (nSPS) is 9.91. The summed E-state index contributed by atoms with van der Waals surface area (Å²) in [4.78, 5) is 22.6. The molecule has 0 radical (unpaired) electrons. The molecular weight excluding hydrogens is 294 g/mol. The summed E-state index contributed by atoms with van der Waals surface area (Å²) < 4.78 is 0. The van der Waals surface area contributed by atoms with E-state index in [1.54, 1.807) is 18.2 Å². The van der Waals surface area contributed by atoms with Gasteiger partial charge in [0.1, 0.15) is 5.69 Å². The van der Waals surface area contributed by atoms with E-state index in [2.05, 4.69) is 17.2 Å². The zero-order chi connectivity index (χ0) is 16.7. The van der Waals surface area contributed by atoms with Crippen molar-refractivity contribution >= 4 is 17.3 Å². The molecule has 0 fully saturated rings. The number of nitrogens with one attached hydrogen (secondary N) is 2. The summed E-state index contributed by atoms with van der Waals surface area (Å²) in [5.74, 6) is -0.373. The highest BCUT2D eigenvalue weighted by molar-refractivity contribution is 5.95. The van der Waals surface area contributed by atoms with E-state index in [1.807, 2.05) is 30.3 Å². The minimum atomic E-state index is -0.502. The molecule has 0 aliphatic carbocycles. The van der Waals surface area contributed by atoms with E-state index >= 15 is 0 Å². The van der Waals surface area contributed by atoms with Gasteiger partial charge in [-0.2, -0.15) is 0 Å². The van der Waals surface area contributed by atoms with Crippen molar-refractivity contribution < 1.29 is 9.72 Å². The summed E-state index contributed by atoms with van der Waals surface area (Å²) in [5, 5.41) is 16.9. The summed E-state index contributed by atoms with van der Waals surface area (Å²) in [6.07, 6.45) is 1.54. The molecule has 0 aromatic heterocycles. The summed E-state index contributed by atoms with van der Waals surface area (Å²) in [6.45, 7) is 4.27. The van der Waals surface area contributed by atoms with E-state index in [9.17, 15) is 14.9 Å². The van der Waals surface area contributed by atoms with Crippen LogP contribution in [0.4, 0.5) is 11.4 Å². The van der Waals surface area contributed by atoms with Gasteiger partial charge < -0.3 is 10.6 Å². The van der Waals surface area contributed by atoms with Crippen molar-refractivity contribution in [3.63, 3.8) is 0 Å². The maximum atomic E-state index is 11.9. The maximum Gasteiger partial charge on any atom is 0.293 e. The molecule has 6 heteroatoms. The molecule has 0 aliphatic rings. The second-order valence-electron chi connectivity index (χ2n) is 4.83. The highest BCUT2D eigenvalue weighted by Gasteiger charge is 2.17. The average Bonchev–Trinajstić information content (AvgIpc) is 2.58. The first kappa shape index (κ1) is 16.2. The van der Waals surface area contributed by atoms with Crippen molar-refractivity contribution in [3.8, 4) is 0 Å². The third-order valence-electron chi connectivity index (χ3n) is 3.19. The zero-order valence-electron chi connectivity index (χ0n) is 12.5. The number of nitro benzene ring substituents is 1. The molecule has 2 N–H and O–H groups in total. The quantitative estimate of drug-likeness (QED) is 0.467. The minimum absolute atomic E-state index is 0.132. The largest absolute Gasteiger partial charge is 0.375 e. The Kier molecular flexibility index (Phi) is 5.46. The van der Waals surface area contributed by atoms with Gasteiger partial charge in [-0.25, -0.2) is 0 Å². The first-order valence-electron chi connectivity index (χ1n) is 7.07. The Hall–Kier alpha value is -3.15. The number of benzene rings is 2. The Morgan fingerprint density at radius 1 is 1.22 bits per heavy atom. The highest BCUT2D eigenvalue weighted by Crippen LogP contribution is 2.26. The topological polar surface area (TPSA) is 84.3 Å². The summed E-state index contributed by atoms with van der Waals surface area (Å²) in [5.41, 5.74) is 1.49. The van der Waals surface area contributed by atoms with Crippen molar-refractivity contribution in [2.24, 2.45) is 0 Å². The van der Waals surface area contributed by atoms with Gasteiger partial charge >= 0.3 is 0 Å². The molecule has 0 spiro atoms. The fourth-order valence-corrected chi connectivity index (χ4v) is 2.03. The SMILES string of the molecule is C=CCNC(=O)c1ccc(NCc2ccccc2)c([N+](=O)[O-])c1. The number of anilines is 1. The van der Waals surface area contributed by atoms with Gasteiger partial charge in [0, 0.05) is 24.7 Å². The lowest BCUT2D eigenvalue weighted by Gasteiger charge is -2.09. The molecule has 0 saturated heterocycles. The lowest BCUT2D eigenvalue weighted by Crippen LogP contribution is -2.23. The van der Waals surface area contributed by atoms with Crippen molar-refractivity contribution in [1.29, 1.82) is 0 Å². The zero-order valence-corrected chi connectivity index (χ0v) is 12.5. The highest BCUT2D eigenvalue weighted by atomic mass is 16.6. The van der Waals surface area contributed by atoms with Crippen LogP contribution in [0.25, 0.3) is 0 Å². The Labute approximate surface area is 134 Å². The minimum Gasteiger partial charge on any atom is -0.375 e. The van der Waals surface area contributed by atoms with Gasteiger partial charge in [0.2, 0.25) is 0 Å². The molecule has 2 aromatic rings. The number of hydrogen-bond acceptors (Lipinski definition) is 4. The molecule has 23 heavy (non-hydrogen) atoms. The third kappa shape index (κ3) is 4.41. The molecule has 2 aromatic carbocycles. The maximum absolute atomic E-state index is 11.9. The van der Waals surface area contributed by atoms with Crippen LogP contribution in [0.2, 0.25) is 0 Å². The molecule has 1 amide bonds. The molecule has 0 heterocycles. The molecule has 0 aliphatic heterocycles. The molecule has 0 atom stereocenters. The van der Waals surface area contributed by atoms with Crippen LogP contribution in [0.3, 0.4) is 0 Å². The van der Waals surface area contributed by atoms with E-state index in [-0.39, 0.29) is 17.2 Å². The Morgan fingerprint density at radius 2 is 1.96 bits per heavy atom. The van der Waals surface area contributed by atoms with Gasteiger partial charge in [-0.05, 0) is 17.7 Å². The number of amides is 1. The number of rotatable bonds is 7. The summed E-state index contributed by atoms with van der Waals surface area (Å²) in [7, 11) is 0. The second kappa shape index (κ2) is 7.74. The fraction of sp³-hybridized carbons (Fsp3) is 0.118. The summed E-state index contributed by atoms with van der Waals surface area (Å²) in [6, 6.07) is 13.9. The van der Waals surface area contributed by atoms with Crippen molar-refractivity contribution in [3.05, 3.63) is 82.4 Å². The monoisotopic (exact) mass is 311 g/mol. The van der Waals surface area contributed by atoms with Gasteiger partial charge in [-0.1, -0.05) is 36.4 Å². The van der Waals surface area contributed by atoms with Crippen LogP contribution in [0.1, 0.15) is 15.9 Å². The Bertz CT molecular complexity index is 714. The summed E-state index contributed by atoms with van der Waals surface area (Å²) >= 11 is 0. The van der Waals surface area contributed by atoms with Crippen LogP contribution in [0, 0.1) is 10.1 Å². The molecule has 0 saturated carbocycles. The Morgan fingerprint density at radius 3 is 2.61 bits per heavy atom. The molecular formula is C17H17N3O3. The molecule has 0 unspecified atom stereocenters. The third-order valence-corrected chi connectivity index (χ3v) is 3.19. The fourth-order valence-electron chi connectivity index (χ4n) is 2.03. The molecule has 0 bridgehead atoms. The van der Waals surface area contributed by atoms with E-state index < -0.39 is 4.92 Å². The van der Waals surface area contributed by atoms with Crippen molar-refractivity contribution in [2.45, 2.75) is 6.54 Å². The van der Waals surface area contributed by atoms with Gasteiger partial charge in [-0.15, -0.1) is 6.58 Å². The van der Waals surface area contributed by atoms with E-state index in [1.165, 1.54) is 6.07 Å². The smallest absolute Gasteiger partial charge is 0.293 e. The lowest BCUT2D eigenvalue weighted by molar-refractivity contribution is -0.384. The molecule has 2 rings (SSSR count). The van der Waals surface area contributed by atoms with Gasteiger partial charge in [0.25, 0.3) is 11.6 Å². The first-order chi connectivity index (χ1) is 11.1. The van der Waals surface area contributed by atoms with Crippen LogP contribution < -0.4 is 10.6 Å². The van der Waals surface area contributed by atoms with Crippen LogP contribution in [-0.4, -0.2) is 17.4 Å². The predicted molar refractivity (Wildman–Crippen MR) is 89.4 cm³/mol. The van der Waals surface area contributed by atoms with Crippen LogP contribution in [-0.2, 0) is 6.54 Å². The molecule has 118 valence electrons. The number of nitro groups is 1. The molecule has 6 nitrogen and oxygen atoms in total.